The van der Waals surface area contributed by atoms with Crippen molar-refractivity contribution in [3.05, 3.63) is 72.6 Å². The molecule has 3 aromatic carbocycles. The number of rotatable bonds is 4. The maximum atomic E-state index is 12.9. The van der Waals surface area contributed by atoms with Gasteiger partial charge in [-0.1, -0.05) is 54.2 Å². The van der Waals surface area contributed by atoms with E-state index in [9.17, 15) is 4.79 Å². The van der Waals surface area contributed by atoms with Gasteiger partial charge in [-0.3, -0.25) is 4.79 Å². The van der Waals surface area contributed by atoms with Crippen LogP contribution in [0.5, 0.6) is 0 Å². The summed E-state index contributed by atoms with van der Waals surface area (Å²) in [7, 11) is 0. The van der Waals surface area contributed by atoms with Gasteiger partial charge in [0.1, 0.15) is 5.82 Å². The lowest BCUT2D eigenvalue weighted by molar-refractivity contribution is -0.115. The molecule has 0 saturated heterocycles. The number of fused-ring (bicyclic) bond motifs is 4. The van der Waals surface area contributed by atoms with Crippen molar-refractivity contribution in [3.8, 4) is 0 Å². The standard InChI is InChI=1S/C23H19N5OS/c1-14(22(29)25-18-12-11-16-7-3-4-8-17(16)13-18)30-23-26-20-10-6-5-9-19(20)21-24-15(2)27-28(21)23/h3-14H,1-2H3,(H,25,29). The van der Waals surface area contributed by atoms with Crippen LogP contribution in [-0.4, -0.2) is 30.7 Å². The van der Waals surface area contributed by atoms with Gasteiger partial charge in [-0.15, -0.1) is 5.10 Å². The monoisotopic (exact) mass is 413 g/mol. The number of nitrogens with zero attached hydrogens (tertiary/aromatic N) is 4. The van der Waals surface area contributed by atoms with E-state index in [4.69, 9.17) is 4.98 Å². The van der Waals surface area contributed by atoms with E-state index in [1.54, 1.807) is 4.52 Å². The molecule has 0 aliphatic carbocycles. The molecule has 2 aromatic heterocycles. The second kappa shape index (κ2) is 7.42. The molecule has 30 heavy (non-hydrogen) atoms. The summed E-state index contributed by atoms with van der Waals surface area (Å²) >= 11 is 1.37. The summed E-state index contributed by atoms with van der Waals surface area (Å²) in [6.45, 7) is 3.72. The zero-order valence-corrected chi connectivity index (χ0v) is 17.4. The van der Waals surface area contributed by atoms with Crippen molar-refractivity contribution in [1.82, 2.24) is 19.6 Å². The average molecular weight is 414 g/mol. The van der Waals surface area contributed by atoms with Gasteiger partial charge < -0.3 is 5.32 Å². The minimum Gasteiger partial charge on any atom is -0.325 e. The summed E-state index contributed by atoms with van der Waals surface area (Å²) in [4.78, 5) is 22.1. The molecule has 0 radical (unpaired) electrons. The Morgan fingerprint density at radius 3 is 2.63 bits per heavy atom. The Morgan fingerprint density at radius 2 is 1.77 bits per heavy atom. The first kappa shape index (κ1) is 18.6. The third kappa shape index (κ3) is 3.37. The van der Waals surface area contributed by atoms with Gasteiger partial charge in [0.05, 0.1) is 10.8 Å². The van der Waals surface area contributed by atoms with E-state index in [2.05, 4.69) is 21.5 Å². The van der Waals surface area contributed by atoms with Crippen molar-refractivity contribution in [2.24, 2.45) is 0 Å². The maximum Gasteiger partial charge on any atom is 0.237 e. The molecule has 1 N–H and O–H groups in total. The van der Waals surface area contributed by atoms with Gasteiger partial charge in [-0.25, -0.2) is 9.97 Å². The third-order valence-corrected chi connectivity index (χ3v) is 5.97. The molecule has 148 valence electrons. The zero-order chi connectivity index (χ0) is 20.7. The Bertz CT molecular complexity index is 1410. The van der Waals surface area contributed by atoms with Gasteiger partial charge in [-0.05, 0) is 48.9 Å². The number of anilines is 1. The molecule has 0 saturated carbocycles. The third-order valence-electron chi connectivity index (χ3n) is 4.92. The fraction of sp³-hybridized carbons (Fsp3) is 0.130. The van der Waals surface area contributed by atoms with Crippen molar-refractivity contribution >= 4 is 50.7 Å². The number of thioether (sulfide) groups is 1. The van der Waals surface area contributed by atoms with Crippen LogP contribution in [0.2, 0.25) is 0 Å². The number of aryl methyl sites for hydroxylation is 1. The zero-order valence-electron chi connectivity index (χ0n) is 16.5. The molecule has 2 heterocycles. The van der Waals surface area contributed by atoms with Gasteiger partial charge >= 0.3 is 0 Å². The van der Waals surface area contributed by atoms with E-state index in [1.165, 1.54) is 11.8 Å². The Labute approximate surface area is 177 Å². The van der Waals surface area contributed by atoms with Crippen molar-refractivity contribution in [2.45, 2.75) is 24.3 Å². The summed E-state index contributed by atoms with van der Waals surface area (Å²) in [6.07, 6.45) is 0. The molecule has 1 atom stereocenters. The quantitative estimate of drug-likeness (QED) is 0.337. The van der Waals surface area contributed by atoms with Gasteiger partial charge in [0.2, 0.25) is 5.91 Å². The molecule has 5 rings (SSSR count). The predicted molar refractivity (Wildman–Crippen MR) is 121 cm³/mol. The van der Waals surface area contributed by atoms with Crippen LogP contribution >= 0.6 is 11.8 Å². The van der Waals surface area contributed by atoms with Crippen LogP contribution < -0.4 is 5.32 Å². The van der Waals surface area contributed by atoms with Crippen molar-refractivity contribution in [3.63, 3.8) is 0 Å². The Morgan fingerprint density at radius 1 is 1.00 bits per heavy atom. The number of carbonyl (C=O) groups is 1. The number of hydrogen-bond donors (Lipinski definition) is 1. The van der Waals surface area contributed by atoms with Gasteiger partial charge in [0, 0.05) is 11.1 Å². The van der Waals surface area contributed by atoms with Crippen molar-refractivity contribution < 1.29 is 4.79 Å². The van der Waals surface area contributed by atoms with E-state index >= 15 is 0 Å². The molecule has 0 aliphatic heterocycles. The number of nitrogens with one attached hydrogen (secondary N) is 1. The number of benzene rings is 3. The number of aromatic nitrogens is 4. The molecule has 7 heteroatoms. The highest BCUT2D eigenvalue weighted by Gasteiger charge is 2.20. The summed E-state index contributed by atoms with van der Waals surface area (Å²) in [5.41, 5.74) is 2.36. The minimum atomic E-state index is -0.363. The van der Waals surface area contributed by atoms with E-state index in [1.807, 2.05) is 74.5 Å². The van der Waals surface area contributed by atoms with Crippen LogP contribution in [0.25, 0.3) is 27.3 Å². The highest BCUT2D eigenvalue weighted by Crippen LogP contribution is 2.27. The lowest BCUT2D eigenvalue weighted by Crippen LogP contribution is -2.23. The summed E-state index contributed by atoms with van der Waals surface area (Å²) in [6, 6.07) is 21.8. The Balaban J connectivity index is 1.43. The first-order valence-electron chi connectivity index (χ1n) is 9.67. The SMILES string of the molecule is Cc1nc2c3ccccc3nc(SC(C)C(=O)Nc3ccc4ccccc4c3)n2n1. The van der Waals surface area contributed by atoms with Crippen LogP contribution in [0.3, 0.4) is 0 Å². The largest absolute Gasteiger partial charge is 0.325 e. The van der Waals surface area contributed by atoms with Crippen molar-refractivity contribution in [1.29, 1.82) is 0 Å². The molecule has 1 amide bonds. The van der Waals surface area contributed by atoms with Gasteiger partial charge in [-0.2, -0.15) is 4.52 Å². The van der Waals surface area contributed by atoms with E-state index in [-0.39, 0.29) is 11.2 Å². The smallest absolute Gasteiger partial charge is 0.237 e. The number of para-hydroxylation sites is 1. The van der Waals surface area contributed by atoms with E-state index in [0.29, 0.717) is 11.0 Å². The highest BCUT2D eigenvalue weighted by atomic mass is 32.2. The molecular formula is C23H19N5OS. The molecule has 0 fully saturated rings. The highest BCUT2D eigenvalue weighted by molar-refractivity contribution is 8.00. The van der Waals surface area contributed by atoms with Crippen LogP contribution in [-0.2, 0) is 4.79 Å². The molecule has 5 aromatic rings. The number of carbonyl (C=O) groups excluding carboxylic acids is 1. The summed E-state index contributed by atoms with van der Waals surface area (Å²) < 4.78 is 1.72. The molecule has 0 spiro atoms. The average Bonchev–Trinajstić information content (AvgIpc) is 3.16. The van der Waals surface area contributed by atoms with Gasteiger partial charge in [0.25, 0.3) is 0 Å². The fourth-order valence-electron chi connectivity index (χ4n) is 3.43. The van der Waals surface area contributed by atoms with Crippen LogP contribution in [0.4, 0.5) is 5.69 Å². The van der Waals surface area contributed by atoms with Gasteiger partial charge in [0.15, 0.2) is 10.8 Å². The lowest BCUT2D eigenvalue weighted by Gasteiger charge is -2.13. The first-order chi connectivity index (χ1) is 14.6. The second-order valence-corrected chi connectivity index (χ2v) is 8.43. The summed E-state index contributed by atoms with van der Waals surface area (Å²) in [5.74, 6) is 0.582. The molecule has 6 nitrogen and oxygen atoms in total. The lowest BCUT2D eigenvalue weighted by atomic mass is 10.1. The number of hydrogen-bond acceptors (Lipinski definition) is 5. The minimum absolute atomic E-state index is 0.0878. The topological polar surface area (TPSA) is 72.2 Å². The Kier molecular flexibility index (Phi) is 4.59. The van der Waals surface area contributed by atoms with E-state index < -0.39 is 0 Å². The van der Waals surface area contributed by atoms with Crippen LogP contribution in [0, 0.1) is 6.92 Å². The normalized spacial score (nSPS) is 12.5. The fourth-order valence-corrected chi connectivity index (χ4v) is 4.29. The van der Waals surface area contributed by atoms with Crippen LogP contribution in [0.15, 0.2) is 71.9 Å². The molecule has 0 aliphatic rings. The summed E-state index contributed by atoms with van der Waals surface area (Å²) in [5, 5.41) is 10.9. The first-order valence-corrected chi connectivity index (χ1v) is 10.5. The molecule has 0 bridgehead atoms. The maximum absolute atomic E-state index is 12.9. The predicted octanol–water partition coefficient (Wildman–Crippen LogP) is 4.86. The second-order valence-electron chi connectivity index (χ2n) is 7.12. The number of amides is 1. The Hall–Kier alpha value is -3.45. The van der Waals surface area contributed by atoms with Crippen molar-refractivity contribution in [2.75, 3.05) is 5.32 Å². The van der Waals surface area contributed by atoms with Crippen LogP contribution in [0.1, 0.15) is 12.7 Å². The van der Waals surface area contributed by atoms with E-state index in [0.717, 1.165) is 33.0 Å². The molecule has 1 unspecified atom stereocenters. The molecular weight excluding hydrogens is 394 g/mol.